The Kier molecular flexibility index (Phi) is 3.63. The van der Waals surface area contributed by atoms with Crippen LogP contribution in [0.15, 0.2) is 18.2 Å². The van der Waals surface area contributed by atoms with Crippen LogP contribution in [0.25, 0.3) is 0 Å². The molecule has 0 fully saturated rings. The lowest BCUT2D eigenvalue weighted by atomic mass is 10.1. The van der Waals surface area contributed by atoms with Crippen LogP contribution in [0, 0.1) is 5.92 Å². The Labute approximate surface area is 84.9 Å². The predicted octanol–water partition coefficient (Wildman–Crippen LogP) is 2.43. The van der Waals surface area contributed by atoms with Crippen molar-refractivity contribution in [2.24, 2.45) is 5.92 Å². The van der Waals surface area contributed by atoms with Crippen LogP contribution in [0.5, 0.6) is 5.75 Å². The van der Waals surface area contributed by atoms with E-state index in [0.717, 1.165) is 18.7 Å². The van der Waals surface area contributed by atoms with Crippen molar-refractivity contribution in [1.82, 2.24) is 0 Å². The summed E-state index contributed by atoms with van der Waals surface area (Å²) in [7, 11) is 0. The molecule has 3 heteroatoms. The normalized spacial score (nSPS) is 10.5. The largest absolute Gasteiger partial charge is 0.506 e. The number of phenols is 1. The van der Waals surface area contributed by atoms with E-state index in [9.17, 15) is 5.11 Å². The summed E-state index contributed by atoms with van der Waals surface area (Å²) in [5.41, 5.74) is 6.94. The lowest BCUT2D eigenvalue weighted by Crippen LogP contribution is -2.04. The maximum absolute atomic E-state index is 9.20. The third-order valence-electron chi connectivity index (χ3n) is 2.08. The lowest BCUT2D eigenvalue weighted by molar-refractivity contribution is 0.478. The number of anilines is 2. The monoisotopic (exact) mass is 194 g/mol. The molecule has 0 spiro atoms. The van der Waals surface area contributed by atoms with Crippen molar-refractivity contribution in [2.45, 2.75) is 20.3 Å². The van der Waals surface area contributed by atoms with E-state index in [0.29, 0.717) is 11.6 Å². The Balaban J connectivity index is 2.47. The van der Waals surface area contributed by atoms with E-state index in [-0.39, 0.29) is 5.75 Å². The summed E-state index contributed by atoms with van der Waals surface area (Å²) in [4.78, 5) is 0. The lowest BCUT2D eigenvalue weighted by Gasteiger charge is -2.09. The van der Waals surface area contributed by atoms with E-state index in [1.807, 2.05) is 6.07 Å². The molecular formula is C11H18N2O. The number of benzene rings is 1. The molecule has 1 aromatic rings. The van der Waals surface area contributed by atoms with E-state index in [1.54, 1.807) is 12.1 Å². The van der Waals surface area contributed by atoms with Gasteiger partial charge in [0, 0.05) is 12.2 Å². The molecule has 0 heterocycles. The first-order chi connectivity index (χ1) is 6.59. The first-order valence-electron chi connectivity index (χ1n) is 4.92. The highest BCUT2D eigenvalue weighted by molar-refractivity contribution is 5.61. The third kappa shape index (κ3) is 3.17. The molecule has 0 saturated heterocycles. The highest BCUT2D eigenvalue weighted by atomic mass is 16.3. The molecule has 14 heavy (non-hydrogen) atoms. The average Bonchev–Trinajstić information content (AvgIpc) is 2.10. The molecule has 78 valence electrons. The van der Waals surface area contributed by atoms with Crippen molar-refractivity contribution in [2.75, 3.05) is 17.6 Å². The second kappa shape index (κ2) is 4.74. The van der Waals surface area contributed by atoms with Crippen molar-refractivity contribution >= 4 is 11.4 Å². The van der Waals surface area contributed by atoms with Gasteiger partial charge in [-0.1, -0.05) is 13.8 Å². The van der Waals surface area contributed by atoms with Crippen LogP contribution in [0.4, 0.5) is 11.4 Å². The summed E-state index contributed by atoms with van der Waals surface area (Å²) in [5.74, 6) is 0.830. The summed E-state index contributed by atoms with van der Waals surface area (Å²) < 4.78 is 0. The number of rotatable bonds is 4. The van der Waals surface area contributed by atoms with Crippen LogP contribution in [0.1, 0.15) is 20.3 Å². The van der Waals surface area contributed by atoms with Gasteiger partial charge in [-0.15, -0.1) is 0 Å². The smallest absolute Gasteiger partial charge is 0.138 e. The average molecular weight is 194 g/mol. The molecule has 4 N–H and O–H groups in total. The van der Waals surface area contributed by atoms with Gasteiger partial charge in [0.15, 0.2) is 0 Å². The zero-order valence-electron chi connectivity index (χ0n) is 8.75. The van der Waals surface area contributed by atoms with Crippen LogP contribution >= 0.6 is 0 Å². The van der Waals surface area contributed by atoms with Crippen molar-refractivity contribution < 1.29 is 5.11 Å². The van der Waals surface area contributed by atoms with E-state index in [2.05, 4.69) is 19.2 Å². The van der Waals surface area contributed by atoms with Gasteiger partial charge in [-0.2, -0.15) is 0 Å². The van der Waals surface area contributed by atoms with Gasteiger partial charge in [-0.05, 0) is 30.5 Å². The number of nitrogen functional groups attached to an aromatic ring is 1. The number of nitrogens with two attached hydrogens (primary N) is 1. The van der Waals surface area contributed by atoms with Crippen LogP contribution < -0.4 is 11.1 Å². The van der Waals surface area contributed by atoms with Gasteiger partial charge < -0.3 is 16.2 Å². The van der Waals surface area contributed by atoms with Gasteiger partial charge in [-0.25, -0.2) is 0 Å². The van der Waals surface area contributed by atoms with Gasteiger partial charge in [0.25, 0.3) is 0 Å². The molecule has 1 rings (SSSR count). The fraction of sp³-hybridized carbons (Fsp3) is 0.455. The van der Waals surface area contributed by atoms with E-state index < -0.39 is 0 Å². The predicted molar refractivity (Wildman–Crippen MR) is 60.5 cm³/mol. The minimum absolute atomic E-state index is 0.138. The number of nitrogens with one attached hydrogen (secondary N) is 1. The summed E-state index contributed by atoms with van der Waals surface area (Å²) in [6.07, 6.45) is 1.13. The first kappa shape index (κ1) is 10.7. The zero-order valence-corrected chi connectivity index (χ0v) is 8.75. The van der Waals surface area contributed by atoms with Gasteiger partial charge in [0.2, 0.25) is 0 Å². The standard InChI is InChI=1S/C11H18N2O/c1-8(2)5-6-13-9-3-4-11(14)10(12)7-9/h3-4,7-8,13-14H,5-6,12H2,1-2H3. The Hall–Kier alpha value is -1.38. The van der Waals surface area contributed by atoms with E-state index in [1.165, 1.54) is 0 Å². The van der Waals surface area contributed by atoms with Crippen LogP contribution in [-0.4, -0.2) is 11.7 Å². The molecule has 0 aliphatic heterocycles. The van der Waals surface area contributed by atoms with E-state index in [4.69, 9.17) is 5.73 Å². The van der Waals surface area contributed by atoms with Crippen molar-refractivity contribution in [3.05, 3.63) is 18.2 Å². The number of hydrogen-bond acceptors (Lipinski definition) is 3. The summed E-state index contributed by atoms with van der Waals surface area (Å²) in [6.45, 7) is 5.31. The first-order valence-corrected chi connectivity index (χ1v) is 4.92. The summed E-state index contributed by atoms with van der Waals surface area (Å²) >= 11 is 0. The van der Waals surface area contributed by atoms with Crippen LogP contribution in [-0.2, 0) is 0 Å². The molecule has 0 bridgehead atoms. The second-order valence-corrected chi connectivity index (χ2v) is 3.88. The molecule has 0 amide bonds. The SMILES string of the molecule is CC(C)CCNc1ccc(O)c(N)c1. The van der Waals surface area contributed by atoms with Gasteiger partial charge in [0.1, 0.15) is 5.75 Å². The fourth-order valence-corrected chi connectivity index (χ4v) is 1.17. The molecule has 3 nitrogen and oxygen atoms in total. The van der Waals surface area contributed by atoms with Gasteiger partial charge in [-0.3, -0.25) is 0 Å². The molecule has 0 saturated carbocycles. The summed E-state index contributed by atoms with van der Waals surface area (Å²) in [6, 6.07) is 5.18. The molecule has 0 aliphatic rings. The fourth-order valence-electron chi connectivity index (χ4n) is 1.17. The number of hydrogen-bond donors (Lipinski definition) is 3. The highest BCUT2D eigenvalue weighted by Gasteiger charge is 1.98. The van der Waals surface area contributed by atoms with Crippen LogP contribution in [0.3, 0.4) is 0 Å². The minimum atomic E-state index is 0.138. The summed E-state index contributed by atoms with van der Waals surface area (Å²) in [5, 5.41) is 12.5. The Morgan fingerprint density at radius 1 is 1.43 bits per heavy atom. The van der Waals surface area contributed by atoms with Gasteiger partial charge in [0.05, 0.1) is 5.69 Å². The molecule has 1 aromatic carbocycles. The molecule has 0 radical (unpaired) electrons. The molecular weight excluding hydrogens is 176 g/mol. The molecule has 0 aromatic heterocycles. The third-order valence-corrected chi connectivity index (χ3v) is 2.08. The van der Waals surface area contributed by atoms with Crippen molar-refractivity contribution in [3.63, 3.8) is 0 Å². The quantitative estimate of drug-likeness (QED) is 0.392. The zero-order chi connectivity index (χ0) is 10.6. The molecule has 0 atom stereocenters. The second-order valence-electron chi connectivity index (χ2n) is 3.88. The Bertz CT molecular complexity index is 297. The maximum atomic E-state index is 9.20. The molecule has 0 aliphatic carbocycles. The minimum Gasteiger partial charge on any atom is -0.506 e. The Morgan fingerprint density at radius 2 is 2.14 bits per heavy atom. The Morgan fingerprint density at radius 3 is 2.71 bits per heavy atom. The van der Waals surface area contributed by atoms with E-state index >= 15 is 0 Å². The molecule has 0 unspecified atom stereocenters. The number of aromatic hydroxyl groups is 1. The van der Waals surface area contributed by atoms with Crippen molar-refractivity contribution in [1.29, 1.82) is 0 Å². The van der Waals surface area contributed by atoms with Crippen molar-refractivity contribution in [3.8, 4) is 5.75 Å². The van der Waals surface area contributed by atoms with Crippen LogP contribution in [0.2, 0.25) is 0 Å². The maximum Gasteiger partial charge on any atom is 0.138 e. The highest BCUT2D eigenvalue weighted by Crippen LogP contribution is 2.23. The van der Waals surface area contributed by atoms with Gasteiger partial charge >= 0.3 is 0 Å². The topological polar surface area (TPSA) is 58.3 Å². The number of phenolic OH excluding ortho intramolecular Hbond substituents is 1.